The molecule has 75 valence electrons. The zero-order valence-electron chi connectivity index (χ0n) is 7.37. The van der Waals surface area contributed by atoms with Crippen molar-refractivity contribution in [1.82, 2.24) is 9.80 Å². The quantitative estimate of drug-likeness (QED) is 0.461. The standard InChI is InChI=1S/C6H16N2.2ClH.Cu/c1-7(2)5-6-8(3)4;;;/h5-6H2,1-4H3;2*1H;/q;;;+2/p-2. The van der Waals surface area contributed by atoms with Gasteiger partial charge >= 0.3 is 17.1 Å². The van der Waals surface area contributed by atoms with Crippen molar-refractivity contribution >= 4 is 0 Å². The largest absolute Gasteiger partial charge is 2.00 e. The Labute approximate surface area is 93.0 Å². The minimum atomic E-state index is 0. The number of hydrogen-bond donors (Lipinski definition) is 0. The van der Waals surface area contributed by atoms with Gasteiger partial charge in [-0.2, -0.15) is 0 Å². The van der Waals surface area contributed by atoms with Gasteiger partial charge in [0, 0.05) is 13.1 Å². The monoisotopic (exact) mass is 249 g/mol. The fourth-order valence-electron chi connectivity index (χ4n) is 0.400. The van der Waals surface area contributed by atoms with Gasteiger partial charge in [-0.05, 0) is 28.2 Å². The van der Waals surface area contributed by atoms with E-state index in [2.05, 4.69) is 38.0 Å². The van der Waals surface area contributed by atoms with Crippen LogP contribution in [0.5, 0.6) is 0 Å². The van der Waals surface area contributed by atoms with Crippen LogP contribution < -0.4 is 24.8 Å². The normalized spacial score (nSPS) is 8.18. The summed E-state index contributed by atoms with van der Waals surface area (Å²) in [4.78, 5) is 4.36. The average Bonchev–Trinajstić information content (AvgIpc) is 1.61. The Bertz CT molecular complexity index is 54.5. The van der Waals surface area contributed by atoms with E-state index in [1.165, 1.54) is 0 Å². The van der Waals surface area contributed by atoms with Gasteiger partial charge in [0.25, 0.3) is 0 Å². The van der Waals surface area contributed by atoms with Gasteiger partial charge in [0.05, 0.1) is 0 Å². The molecule has 0 aromatic rings. The summed E-state index contributed by atoms with van der Waals surface area (Å²) in [6.07, 6.45) is 0. The minimum absolute atomic E-state index is 0. The number of rotatable bonds is 3. The third-order valence-electron chi connectivity index (χ3n) is 0.994. The van der Waals surface area contributed by atoms with Crippen LogP contribution in [0.3, 0.4) is 0 Å². The molecule has 0 amide bonds. The topological polar surface area (TPSA) is 6.48 Å². The van der Waals surface area contributed by atoms with Crippen LogP contribution in [0.2, 0.25) is 0 Å². The summed E-state index contributed by atoms with van der Waals surface area (Å²) < 4.78 is 0. The molecule has 0 spiro atoms. The van der Waals surface area contributed by atoms with Crippen molar-refractivity contribution in [1.29, 1.82) is 0 Å². The molecule has 0 atom stereocenters. The summed E-state index contributed by atoms with van der Waals surface area (Å²) >= 11 is 0. The smallest absolute Gasteiger partial charge is 1.00 e. The van der Waals surface area contributed by atoms with Crippen molar-refractivity contribution in [3.63, 3.8) is 0 Å². The van der Waals surface area contributed by atoms with E-state index in [1.807, 2.05) is 0 Å². The van der Waals surface area contributed by atoms with Crippen molar-refractivity contribution < 1.29 is 41.9 Å². The third-order valence-corrected chi connectivity index (χ3v) is 0.994. The molecule has 0 saturated heterocycles. The van der Waals surface area contributed by atoms with Gasteiger partial charge in [-0.25, -0.2) is 0 Å². The Hall–Kier alpha value is 1.02. The Kier molecular flexibility index (Phi) is 28.1. The van der Waals surface area contributed by atoms with Crippen molar-refractivity contribution in [2.45, 2.75) is 0 Å². The Balaban J connectivity index is -0.0000000817. The summed E-state index contributed by atoms with van der Waals surface area (Å²) in [5.74, 6) is 0. The maximum absolute atomic E-state index is 2.18. The minimum Gasteiger partial charge on any atom is -1.00 e. The van der Waals surface area contributed by atoms with Crippen LogP contribution in [0.25, 0.3) is 0 Å². The van der Waals surface area contributed by atoms with Gasteiger partial charge in [0.1, 0.15) is 0 Å². The Morgan fingerprint density at radius 2 is 0.909 bits per heavy atom. The summed E-state index contributed by atoms with van der Waals surface area (Å²) in [5, 5.41) is 0. The molecule has 0 aromatic heterocycles. The number of halogens is 2. The van der Waals surface area contributed by atoms with Crippen LogP contribution in [0.4, 0.5) is 0 Å². The van der Waals surface area contributed by atoms with Crippen LogP contribution in [-0.4, -0.2) is 51.1 Å². The number of nitrogens with zero attached hydrogens (tertiary/aromatic N) is 2. The zero-order chi connectivity index (χ0) is 6.57. The fraction of sp³-hybridized carbons (Fsp3) is 1.00. The van der Waals surface area contributed by atoms with Crippen LogP contribution in [0, 0.1) is 0 Å². The van der Waals surface area contributed by atoms with Crippen molar-refractivity contribution in [3.05, 3.63) is 0 Å². The molecule has 0 bridgehead atoms. The van der Waals surface area contributed by atoms with Crippen LogP contribution >= 0.6 is 0 Å². The molecule has 0 unspecified atom stereocenters. The Morgan fingerprint density at radius 1 is 0.727 bits per heavy atom. The first kappa shape index (κ1) is 22.7. The van der Waals surface area contributed by atoms with E-state index in [9.17, 15) is 0 Å². The first-order chi connectivity index (χ1) is 3.63. The maximum Gasteiger partial charge on any atom is 2.00 e. The molecule has 0 rings (SSSR count). The molecule has 5 heteroatoms. The van der Waals surface area contributed by atoms with Crippen LogP contribution in [0.1, 0.15) is 0 Å². The number of likely N-dealkylation sites (N-methyl/N-ethyl adjacent to an activating group) is 2. The number of hydrogen-bond acceptors (Lipinski definition) is 2. The molecule has 0 aliphatic rings. The van der Waals surface area contributed by atoms with E-state index in [0.717, 1.165) is 13.1 Å². The van der Waals surface area contributed by atoms with Gasteiger partial charge < -0.3 is 34.6 Å². The van der Waals surface area contributed by atoms with Gasteiger partial charge in [0.15, 0.2) is 0 Å². The first-order valence-corrected chi connectivity index (χ1v) is 2.92. The van der Waals surface area contributed by atoms with Crippen LogP contribution in [0.15, 0.2) is 0 Å². The second-order valence-corrected chi connectivity index (χ2v) is 2.61. The average molecular weight is 251 g/mol. The van der Waals surface area contributed by atoms with Crippen molar-refractivity contribution in [2.24, 2.45) is 0 Å². The molecule has 2 nitrogen and oxygen atoms in total. The predicted molar refractivity (Wildman–Crippen MR) is 37.1 cm³/mol. The molecule has 0 saturated carbocycles. The Morgan fingerprint density at radius 3 is 1.00 bits per heavy atom. The van der Waals surface area contributed by atoms with E-state index in [1.54, 1.807) is 0 Å². The van der Waals surface area contributed by atoms with E-state index >= 15 is 0 Å². The molecule has 0 N–H and O–H groups in total. The molecular weight excluding hydrogens is 235 g/mol. The molecule has 0 fully saturated rings. The second kappa shape index (κ2) is 13.6. The predicted octanol–water partition coefficient (Wildman–Crippen LogP) is -5.88. The van der Waals surface area contributed by atoms with E-state index in [-0.39, 0.29) is 41.9 Å². The van der Waals surface area contributed by atoms with Gasteiger partial charge in [-0.3, -0.25) is 0 Å². The van der Waals surface area contributed by atoms with Crippen molar-refractivity contribution in [2.75, 3.05) is 41.3 Å². The molecule has 0 heterocycles. The van der Waals surface area contributed by atoms with Gasteiger partial charge in [-0.15, -0.1) is 0 Å². The molecule has 0 aliphatic carbocycles. The second-order valence-electron chi connectivity index (χ2n) is 2.61. The SMILES string of the molecule is CN(C)CCN(C)C.[Cl-].[Cl-].[Cu+2]. The van der Waals surface area contributed by atoms with Gasteiger partial charge in [0.2, 0.25) is 0 Å². The molecule has 0 aromatic carbocycles. The molecule has 1 radical (unpaired) electrons. The first-order valence-electron chi connectivity index (χ1n) is 2.92. The molecular formula is C6H16Cl2CuN2. The summed E-state index contributed by atoms with van der Waals surface area (Å²) in [6.45, 7) is 2.29. The third kappa shape index (κ3) is 24.7. The molecule has 11 heavy (non-hydrogen) atoms. The van der Waals surface area contributed by atoms with Crippen LogP contribution in [-0.2, 0) is 17.1 Å². The van der Waals surface area contributed by atoms with Gasteiger partial charge in [-0.1, -0.05) is 0 Å². The summed E-state index contributed by atoms with van der Waals surface area (Å²) in [6, 6.07) is 0. The zero-order valence-corrected chi connectivity index (χ0v) is 9.82. The summed E-state index contributed by atoms with van der Waals surface area (Å²) in [7, 11) is 8.35. The van der Waals surface area contributed by atoms with E-state index in [0.29, 0.717) is 0 Å². The maximum atomic E-state index is 2.18. The fourth-order valence-corrected chi connectivity index (χ4v) is 0.400. The molecule has 0 aliphatic heterocycles. The van der Waals surface area contributed by atoms with E-state index in [4.69, 9.17) is 0 Å². The summed E-state index contributed by atoms with van der Waals surface area (Å²) in [5.41, 5.74) is 0. The van der Waals surface area contributed by atoms with Crippen molar-refractivity contribution in [3.8, 4) is 0 Å². The van der Waals surface area contributed by atoms with E-state index < -0.39 is 0 Å².